The number of halogens is 2. The Morgan fingerprint density at radius 3 is 2.49 bits per heavy atom. The first-order valence-electron chi connectivity index (χ1n) is 11.9. The third-order valence-electron chi connectivity index (χ3n) is 6.38. The van der Waals surface area contributed by atoms with Gasteiger partial charge in [0.2, 0.25) is 5.91 Å². The molecular weight excluding hydrogens is 454 g/mol. The largest absolute Gasteiger partial charge is 0.379 e. The fourth-order valence-electron chi connectivity index (χ4n) is 4.38. The molecule has 0 saturated carbocycles. The SMILES string of the molecule is CCC(=O)N(CCN1CCOCC1)CC(=O)N1N=C(c2ccccc2F)C[C@H]1c1ccc(F)cc1. The number of ether oxygens (including phenoxy) is 1. The minimum atomic E-state index is -0.518. The van der Waals surface area contributed by atoms with Gasteiger partial charge in [0.25, 0.3) is 5.91 Å². The summed E-state index contributed by atoms with van der Waals surface area (Å²) in [7, 11) is 0. The summed E-state index contributed by atoms with van der Waals surface area (Å²) in [5, 5.41) is 5.81. The predicted octanol–water partition coefficient (Wildman–Crippen LogP) is 3.21. The Hall–Kier alpha value is -3.17. The topological polar surface area (TPSA) is 65.5 Å². The standard InChI is InChI=1S/C26H30F2N4O3/c1-2-25(33)31(12-11-30-13-15-35-16-14-30)18-26(34)32-24(19-7-9-20(27)10-8-19)17-23(29-32)21-5-3-4-6-22(21)28/h3-10,24H,2,11-18H2,1H3/t24-/m0/s1. The van der Waals surface area contributed by atoms with Crippen molar-refractivity contribution in [3.8, 4) is 0 Å². The van der Waals surface area contributed by atoms with Gasteiger partial charge in [-0.15, -0.1) is 0 Å². The number of hydrogen-bond donors (Lipinski definition) is 0. The number of rotatable bonds is 8. The molecule has 2 aliphatic rings. The van der Waals surface area contributed by atoms with E-state index in [-0.39, 0.29) is 37.0 Å². The van der Waals surface area contributed by atoms with Gasteiger partial charge in [0.15, 0.2) is 0 Å². The molecule has 1 fully saturated rings. The van der Waals surface area contributed by atoms with Crippen LogP contribution in [0.5, 0.6) is 0 Å². The molecule has 2 heterocycles. The zero-order valence-corrected chi connectivity index (χ0v) is 19.8. The second-order valence-electron chi connectivity index (χ2n) is 8.66. The number of carbonyl (C=O) groups is 2. The van der Waals surface area contributed by atoms with Crippen molar-refractivity contribution in [2.45, 2.75) is 25.8 Å². The molecule has 2 amide bonds. The Labute approximate surface area is 203 Å². The van der Waals surface area contributed by atoms with Gasteiger partial charge in [-0.05, 0) is 23.8 Å². The van der Waals surface area contributed by atoms with E-state index in [2.05, 4.69) is 10.0 Å². The summed E-state index contributed by atoms with van der Waals surface area (Å²) in [6, 6.07) is 11.6. The summed E-state index contributed by atoms with van der Waals surface area (Å²) in [5.74, 6) is -1.30. The van der Waals surface area contributed by atoms with Crippen LogP contribution in [0.1, 0.15) is 36.9 Å². The Morgan fingerprint density at radius 2 is 1.80 bits per heavy atom. The van der Waals surface area contributed by atoms with Crippen molar-refractivity contribution in [1.29, 1.82) is 0 Å². The van der Waals surface area contributed by atoms with E-state index in [0.717, 1.165) is 13.1 Å². The molecule has 0 spiro atoms. The van der Waals surface area contributed by atoms with Crippen LogP contribution in [0.2, 0.25) is 0 Å². The third-order valence-corrected chi connectivity index (χ3v) is 6.38. The second-order valence-corrected chi connectivity index (χ2v) is 8.66. The first kappa shape index (κ1) is 24.9. The second kappa shape index (κ2) is 11.5. The minimum absolute atomic E-state index is 0.123. The summed E-state index contributed by atoms with van der Waals surface area (Å²) in [6.07, 6.45) is 0.565. The maximum atomic E-state index is 14.5. The highest BCUT2D eigenvalue weighted by atomic mass is 19.1. The highest BCUT2D eigenvalue weighted by Crippen LogP contribution is 2.33. The van der Waals surface area contributed by atoms with E-state index in [1.165, 1.54) is 23.2 Å². The Bertz CT molecular complexity index is 1070. The Morgan fingerprint density at radius 1 is 1.09 bits per heavy atom. The zero-order valence-electron chi connectivity index (χ0n) is 19.8. The summed E-state index contributed by atoms with van der Waals surface area (Å²) in [6.45, 7) is 5.57. The number of benzene rings is 2. The van der Waals surface area contributed by atoms with Crippen LogP contribution in [-0.2, 0) is 14.3 Å². The molecule has 0 bridgehead atoms. The van der Waals surface area contributed by atoms with Gasteiger partial charge in [0.05, 0.1) is 25.0 Å². The third kappa shape index (κ3) is 6.10. The lowest BCUT2D eigenvalue weighted by atomic mass is 9.98. The normalized spacial score (nSPS) is 18.4. The Balaban J connectivity index is 1.55. The number of carbonyl (C=O) groups excluding carboxylic acids is 2. The van der Waals surface area contributed by atoms with E-state index in [4.69, 9.17) is 4.74 Å². The van der Waals surface area contributed by atoms with Crippen molar-refractivity contribution in [3.05, 3.63) is 71.3 Å². The predicted molar refractivity (Wildman–Crippen MR) is 128 cm³/mol. The van der Waals surface area contributed by atoms with Crippen LogP contribution < -0.4 is 0 Å². The molecule has 0 N–H and O–H groups in total. The van der Waals surface area contributed by atoms with Crippen molar-refractivity contribution in [3.63, 3.8) is 0 Å². The molecule has 186 valence electrons. The summed E-state index contributed by atoms with van der Waals surface area (Å²) in [5.41, 5.74) is 1.45. The average molecular weight is 485 g/mol. The van der Waals surface area contributed by atoms with Gasteiger partial charge in [0, 0.05) is 44.6 Å². The van der Waals surface area contributed by atoms with Gasteiger partial charge in [-0.2, -0.15) is 5.10 Å². The van der Waals surface area contributed by atoms with Gasteiger partial charge in [-0.3, -0.25) is 14.5 Å². The quantitative estimate of drug-likeness (QED) is 0.577. The molecule has 0 aliphatic carbocycles. The highest BCUT2D eigenvalue weighted by Gasteiger charge is 2.35. The number of nitrogens with zero attached hydrogens (tertiary/aromatic N) is 4. The smallest absolute Gasteiger partial charge is 0.262 e. The molecule has 2 aliphatic heterocycles. The zero-order chi connectivity index (χ0) is 24.8. The van der Waals surface area contributed by atoms with Crippen LogP contribution in [0.25, 0.3) is 0 Å². The molecule has 0 aromatic heterocycles. The van der Waals surface area contributed by atoms with Crippen LogP contribution in [-0.4, -0.2) is 78.3 Å². The van der Waals surface area contributed by atoms with Crippen molar-refractivity contribution in [2.24, 2.45) is 5.10 Å². The molecule has 7 nitrogen and oxygen atoms in total. The van der Waals surface area contributed by atoms with E-state index in [9.17, 15) is 18.4 Å². The monoisotopic (exact) mass is 484 g/mol. The number of hydrogen-bond acceptors (Lipinski definition) is 5. The minimum Gasteiger partial charge on any atom is -0.379 e. The Kier molecular flexibility index (Phi) is 8.20. The summed E-state index contributed by atoms with van der Waals surface area (Å²) in [4.78, 5) is 29.9. The van der Waals surface area contributed by atoms with Crippen molar-refractivity contribution in [1.82, 2.24) is 14.8 Å². The van der Waals surface area contributed by atoms with Gasteiger partial charge in [0.1, 0.15) is 18.2 Å². The molecule has 1 atom stereocenters. The first-order valence-corrected chi connectivity index (χ1v) is 11.9. The van der Waals surface area contributed by atoms with Crippen LogP contribution in [0.3, 0.4) is 0 Å². The average Bonchev–Trinajstić information content (AvgIpc) is 3.32. The maximum absolute atomic E-state index is 14.5. The van der Waals surface area contributed by atoms with Crippen molar-refractivity contribution < 1.29 is 23.1 Å². The maximum Gasteiger partial charge on any atom is 0.262 e. The van der Waals surface area contributed by atoms with E-state index in [0.29, 0.717) is 43.1 Å². The number of amides is 2. The van der Waals surface area contributed by atoms with E-state index in [1.54, 1.807) is 42.2 Å². The van der Waals surface area contributed by atoms with Crippen LogP contribution >= 0.6 is 0 Å². The van der Waals surface area contributed by atoms with Gasteiger partial charge < -0.3 is 9.64 Å². The lowest BCUT2D eigenvalue weighted by Gasteiger charge is -2.31. The van der Waals surface area contributed by atoms with Crippen molar-refractivity contribution >= 4 is 17.5 Å². The first-order chi connectivity index (χ1) is 17.0. The van der Waals surface area contributed by atoms with Gasteiger partial charge in [-0.1, -0.05) is 37.3 Å². The van der Waals surface area contributed by atoms with Crippen LogP contribution in [0.4, 0.5) is 8.78 Å². The van der Waals surface area contributed by atoms with Gasteiger partial charge in [-0.25, -0.2) is 13.8 Å². The number of hydrazone groups is 1. The van der Waals surface area contributed by atoms with E-state index >= 15 is 0 Å². The highest BCUT2D eigenvalue weighted by molar-refractivity contribution is 6.03. The lowest BCUT2D eigenvalue weighted by molar-refractivity contribution is -0.141. The van der Waals surface area contributed by atoms with Crippen LogP contribution in [0, 0.1) is 11.6 Å². The molecule has 2 aromatic carbocycles. The number of morpholine rings is 1. The molecule has 35 heavy (non-hydrogen) atoms. The summed E-state index contributed by atoms with van der Waals surface area (Å²) >= 11 is 0. The lowest BCUT2D eigenvalue weighted by Crippen LogP contribution is -2.46. The van der Waals surface area contributed by atoms with Crippen LogP contribution in [0.15, 0.2) is 53.6 Å². The molecule has 0 unspecified atom stereocenters. The molecule has 1 saturated heterocycles. The van der Waals surface area contributed by atoms with Gasteiger partial charge >= 0.3 is 0 Å². The fraction of sp³-hybridized carbons (Fsp3) is 0.423. The molecule has 0 radical (unpaired) electrons. The van der Waals surface area contributed by atoms with E-state index < -0.39 is 11.9 Å². The molecule has 4 rings (SSSR count). The molecular formula is C26H30F2N4O3. The fourth-order valence-corrected chi connectivity index (χ4v) is 4.38. The molecule has 9 heteroatoms. The van der Waals surface area contributed by atoms with Crippen molar-refractivity contribution in [2.75, 3.05) is 45.9 Å². The van der Waals surface area contributed by atoms with E-state index in [1.807, 2.05) is 0 Å². The summed E-state index contributed by atoms with van der Waals surface area (Å²) < 4.78 is 33.4. The molecule has 2 aromatic rings.